The second-order valence-electron chi connectivity index (χ2n) is 11.8. The van der Waals surface area contributed by atoms with E-state index in [4.69, 9.17) is 23.2 Å². The summed E-state index contributed by atoms with van der Waals surface area (Å²) in [5.41, 5.74) is 1.83. The fourth-order valence-electron chi connectivity index (χ4n) is 4.92. The fourth-order valence-corrected chi connectivity index (χ4v) is 6.88. The van der Waals surface area contributed by atoms with Crippen LogP contribution in [-0.2, 0) is 32.6 Å². The van der Waals surface area contributed by atoms with Crippen molar-refractivity contribution in [2.45, 2.75) is 57.1 Å². The number of aryl methyl sites for hydroxylation is 1. The zero-order valence-corrected chi connectivity index (χ0v) is 28.0. The molecule has 2 amide bonds. The summed E-state index contributed by atoms with van der Waals surface area (Å²) in [4.78, 5) is 30.0. The van der Waals surface area contributed by atoms with E-state index in [1.807, 2.05) is 51.1 Å². The van der Waals surface area contributed by atoms with Crippen LogP contribution in [-0.4, -0.2) is 43.3 Å². The van der Waals surface area contributed by atoms with Crippen LogP contribution in [0, 0.1) is 6.92 Å². The van der Waals surface area contributed by atoms with Crippen LogP contribution in [0.15, 0.2) is 108 Å². The monoisotopic (exact) mass is 665 g/mol. The highest BCUT2D eigenvalue weighted by Gasteiger charge is 2.36. The smallest absolute Gasteiger partial charge is 0.264 e. The van der Waals surface area contributed by atoms with Crippen LogP contribution >= 0.6 is 23.2 Å². The summed E-state index contributed by atoms with van der Waals surface area (Å²) in [5, 5.41) is 3.76. The van der Waals surface area contributed by atoms with E-state index in [9.17, 15) is 18.0 Å². The molecule has 0 heterocycles. The molecule has 4 rings (SSSR count). The molecule has 0 radical (unpaired) electrons. The van der Waals surface area contributed by atoms with Gasteiger partial charge in [0.15, 0.2) is 0 Å². The second kappa shape index (κ2) is 14.5. The van der Waals surface area contributed by atoms with E-state index >= 15 is 0 Å². The summed E-state index contributed by atoms with van der Waals surface area (Å²) in [6.45, 7) is 6.75. The summed E-state index contributed by atoms with van der Waals surface area (Å²) in [5.74, 6) is -0.952. The molecule has 0 bridgehead atoms. The van der Waals surface area contributed by atoms with Crippen molar-refractivity contribution >= 4 is 50.7 Å². The van der Waals surface area contributed by atoms with E-state index in [-0.39, 0.29) is 23.8 Å². The summed E-state index contributed by atoms with van der Waals surface area (Å²) in [6.07, 6.45) is 0.190. The number of nitrogens with zero attached hydrogens (tertiary/aromatic N) is 2. The summed E-state index contributed by atoms with van der Waals surface area (Å²) in [6, 6.07) is 28.2. The molecule has 0 aromatic heterocycles. The Labute approximate surface area is 275 Å². The maximum atomic E-state index is 14.6. The third-order valence-electron chi connectivity index (χ3n) is 7.12. The lowest BCUT2D eigenvalue weighted by Crippen LogP contribution is -2.56. The van der Waals surface area contributed by atoms with Crippen LogP contribution in [0.1, 0.15) is 37.5 Å². The Kier molecular flexibility index (Phi) is 11.0. The van der Waals surface area contributed by atoms with Gasteiger partial charge >= 0.3 is 0 Å². The number of halogens is 2. The average molecular weight is 667 g/mol. The first kappa shape index (κ1) is 34.0. The molecule has 4 aromatic carbocycles. The first-order valence-electron chi connectivity index (χ1n) is 14.5. The molecule has 4 aromatic rings. The number of nitrogens with one attached hydrogen (secondary N) is 1. The van der Waals surface area contributed by atoms with Gasteiger partial charge < -0.3 is 10.2 Å². The second-order valence-corrected chi connectivity index (χ2v) is 14.5. The zero-order valence-electron chi connectivity index (χ0n) is 25.7. The highest BCUT2D eigenvalue weighted by molar-refractivity contribution is 7.92. The van der Waals surface area contributed by atoms with Crippen molar-refractivity contribution in [1.82, 2.24) is 10.2 Å². The molecule has 0 saturated heterocycles. The Hall–Kier alpha value is -3.85. The molecule has 0 aliphatic carbocycles. The molecule has 7 nitrogen and oxygen atoms in total. The Morgan fingerprint density at radius 2 is 1.44 bits per heavy atom. The number of hydrogen-bond donors (Lipinski definition) is 1. The lowest BCUT2D eigenvalue weighted by atomic mass is 10.0. The van der Waals surface area contributed by atoms with Crippen LogP contribution in [0.4, 0.5) is 5.69 Å². The minimum Gasteiger partial charge on any atom is -0.350 e. The number of anilines is 1. The highest BCUT2D eigenvalue weighted by atomic mass is 35.5. The molecule has 0 spiro atoms. The molecule has 236 valence electrons. The quantitative estimate of drug-likeness (QED) is 0.186. The van der Waals surface area contributed by atoms with Gasteiger partial charge in [-0.15, -0.1) is 0 Å². The number of benzene rings is 4. The third-order valence-corrected chi connectivity index (χ3v) is 9.48. The number of hydrogen-bond acceptors (Lipinski definition) is 4. The minimum absolute atomic E-state index is 0.0414. The molecule has 1 N–H and O–H groups in total. The van der Waals surface area contributed by atoms with Gasteiger partial charge in [-0.1, -0.05) is 96.0 Å². The van der Waals surface area contributed by atoms with Crippen molar-refractivity contribution in [3.8, 4) is 0 Å². The molecule has 0 fully saturated rings. The average Bonchev–Trinajstić information content (AvgIpc) is 2.99. The van der Waals surface area contributed by atoms with E-state index in [2.05, 4.69) is 5.32 Å². The number of para-hydroxylation sites is 1. The normalized spacial score (nSPS) is 12.3. The van der Waals surface area contributed by atoms with Crippen LogP contribution < -0.4 is 9.62 Å². The van der Waals surface area contributed by atoms with Gasteiger partial charge in [0.25, 0.3) is 10.0 Å². The molecular formula is C35H37Cl2N3O4S. The van der Waals surface area contributed by atoms with Gasteiger partial charge in [0.05, 0.1) is 10.6 Å². The molecule has 0 aliphatic heterocycles. The van der Waals surface area contributed by atoms with Gasteiger partial charge in [-0.05, 0) is 74.7 Å². The Morgan fingerprint density at radius 3 is 2.04 bits per heavy atom. The van der Waals surface area contributed by atoms with Gasteiger partial charge in [-0.25, -0.2) is 8.42 Å². The minimum atomic E-state index is -4.18. The Morgan fingerprint density at radius 1 is 0.844 bits per heavy atom. The molecule has 45 heavy (non-hydrogen) atoms. The summed E-state index contributed by atoms with van der Waals surface area (Å²) in [7, 11) is -4.18. The largest absolute Gasteiger partial charge is 0.350 e. The molecular weight excluding hydrogens is 629 g/mol. The lowest BCUT2D eigenvalue weighted by Gasteiger charge is -2.35. The van der Waals surface area contributed by atoms with Crippen LogP contribution in [0.2, 0.25) is 10.0 Å². The van der Waals surface area contributed by atoms with Crippen molar-refractivity contribution in [1.29, 1.82) is 0 Å². The number of rotatable bonds is 11. The van der Waals surface area contributed by atoms with E-state index in [1.54, 1.807) is 67.6 Å². The van der Waals surface area contributed by atoms with Crippen molar-refractivity contribution in [2.75, 3.05) is 10.8 Å². The van der Waals surface area contributed by atoms with Gasteiger partial charge in [-0.2, -0.15) is 0 Å². The van der Waals surface area contributed by atoms with Gasteiger partial charge in [-0.3, -0.25) is 13.9 Å². The molecule has 0 saturated carbocycles. The van der Waals surface area contributed by atoms with E-state index in [1.165, 1.54) is 17.0 Å². The molecule has 10 heteroatoms. The standard InChI is InChI=1S/C35H37Cl2N3O4S/c1-25-13-11-12-18-31(25)40(45(43,44)29-16-9-6-10-17-29)24-33(41)39(23-27-19-20-28(36)22-30(27)37)32(34(42)38-35(2,3)4)21-26-14-7-5-8-15-26/h5-20,22,32H,21,23-24H2,1-4H3,(H,38,42)/t32-/m1/s1. The van der Waals surface area contributed by atoms with Gasteiger partial charge in [0, 0.05) is 28.5 Å². The Balaban J connectivity index is 1.84. The van der Waals surface area contributed by atoms with E-state index in [0.717, 1.165) is 9.87 Å². The number of sulfonamides is 1. The first-order chi connectivity index (χ1) is 21.3. The van der Waals surface area contributed by atoms with Crippen molar-refractivity contribution < 1.29 is 18.0 Å². The van der Waals surface area contributed by atoms with E-state index < -0.39 is 34.1 Å². The predicted octanol–water partition coefficient (Wildman–Crippen LogP) is 7.05. The fraction of sp³-hybridized carbons (Fsp3) is 0.257. The number of carbonyl (C=O) groups is 2. The van der Waals surface area contributed by atoms with Crippen LogP contribution in [0.25, 0.3) is 0 Å². The topological polar surface area (TPSA) is 86.8 Å². The SMILES string of the molecule is Cc1ccccc1N(CC(=O)N(Cc1ccc(Cl)cc1Cl)[C@H](Cc1ccccc1)C(=O)NC(C)(C)C)S(=O)(=O)c1ccccc1. The van der Waals surface area contributed by atoms with Gasteiger partial charge in [0.1, 0.15) is 12.6 Å². The van der Waals surface area contributed by atoms with Crippen LogP contribution in [0.5, 0.6) is 0 Å². The summed E-state index contributed by atoms with van der Waals surface area (Å²) >= 11 is 12.7. The van der Waals surface area contributed by atoms with Gasteiger partial charge in [0.2, 0.25) is 11.8 Å². The maximum absolute atomic E-state index is 14.6. The lowest BCUT2D eigenvalue weighted by molar-refractivity contribution is -0.140. The van der Waals surface area contributed by atoms with Crippen molar-refractivity contribution in [3.05, 3.63) is 130 Å². The zero-order chi connectivity index (χ0) is 32.8. The third kappa shape index (κ3) is 8.87. The molecule has 1 atom stereocenters. The number of amides is 2. The summed E-state index contributed by atoms with van der Waals surface area (Å²) < 4.78 is 29.3. The maximum Gasteiger partial charge on any atom is 0.264 e. The highest BCUT2D eigenvalue weighted by Crippen LogP contribution is 2.29. The van der Waals surface area contributed by atoms with Crippen molar-refractivity contribution in [2.24, 2.45) is 0 Å². The molecule has 0 unspecified atom stereocenters. The van der Waals surface area contributed by atoms with Crippen molar-refractivity contribution in [3.63, 3.8) is 0 Å². The predicted molar refractivity (Wildman–Crippen MR) is 181 cm³/mol. The van der Waals surface area contributed by atoms with Crippen LogP contribution in [0.3, 0.4) is 0 Å². The number of carbonyl (C=O) groups excluding carboxylic acids is 2. The molecule has 0 aliphatic rings. The Bertz CT molecular complexity index is 1740. The first-order valence-corrected chi connectivity index (χ1v) is 16.7. The van der Waals surface area contributed by atoms with E-state index in [0.29, 0.717) is 26.9 Å².